The normalized spacial score (nSPS) is 23.8. The predicted octanol–water partition coefficient (Wildman–Crippen LogP) is 2.01. The molecule has 1 aromatic carbocycles. The van der Waals surface area contributed by atoms with Crippen LogP contribution in [-0.4, -0.2) is 61.9 Å². The van der Waals surface area contributed by atoms with Gasteiger partial charge in [-0.25, -0.2) is 0 Å². The fraction of sp³-hybridized carbons (Fsp3) is 0.611. The number of esters is 1. The van der Waals surface area contributed by atoms with Gasteiger partial charge in [-0.1, -0.05) is 30.3 Å². The van der Waals surface area contributed by atoms with Crippen molar-refractivity contribution in [1.82, 2.24) is 4.90 Å². The van der Waals surface area contributed by atoms with Crippen molar-refractivity contribution in [3.8, 4) is 0 Å². The lowest BCUT2D eigenvalue weighted by Crippen LogP contribution is -2.48. The van der Waals surface area contributed by atoms with E-state index in [-0.39, 0.29) is 58.2 Å². The molecule has 6 heteroatoms. The van der Waals surface area contributed by atoms with Gasteiger partial charge in [-0.15, -0.1) is 12.4 Å². The summed E-state index contributed by atoms with van der Waals surface area (Å²) in [7, 11) is 0. The average molecular weight is 362 g/mol. The highest BCUT2D eigenvalue weighted by atomic mass is 35.5. The number of nitrogens with zero attached hydrogens (tertiary/aromatic N) is 1. The standard InChI is InChI=1S/C18H27NO4.ClH/c1-2-23-17(21)18(16-6-4-3-5-7-16)8-10-19(11-9-18)12-14-22-15-13-20;/h3-7,20H,2,8-15H2,1H3;1H/i10D2,11D2;. The molecule has 0 aromatic heterocycles. The zero-order chi connectivity index (χ0) is 20.1. The Morgan fingerprint density at radius 1 is 1.29 bits per heavy atom. The summed E-state index contributed by atoms with van der Waals surface area (Å²) in [6.07, 6.45) is -0.440. The van der Waals surface area contributed by atoms with Gasteiger partial charge in [0.25, 0.3) is 0 Å². The van der Waals surface area contributed by atoms with Crippen molar-refractivity contribution in [2.75, 3.05) is 46.0 Å². The van der Waals surface area contributed by atoms with Crippen molar-refractivity contribution in [2.45, 2.75) is 25.2 Å². The van der Waals surface area contributed by atoms with Gasteiger partial charge in [0.05, 0.1) is 31.8 Å². The zero-order valence-electron chi connectivity index (χ0n) is 17.9. The molecule has 0 radical (unpaired) electrons. The Hall–Kier alpha value is -1.14. The van der Waals surface area contributed by atoms with Crippen LogP contribution in [0.25, 0.3) is 0 Å². The summed E-state index contributed by atoms with van der Waals surface area (Å²) in [6.45, 7) is -2.33. The summed E-state index contributed by atoms with van der Waals surface area (Å²) >= 11 is 0. The molecule has 0 spiro atoms. The Balaban J connectivity index is 0.00000392. The molecule has 0 bridgehead atoms. The lowest BCUT2D eigenvalue weighted by molar-refractivity contribution is -0.152. The van der Waals surface area contributed by atoms with E-state index in [4.69, 9.17) is 20.1 Å². The molecule has 136 valence electrons. The van der Waals surface area contributed by atoms with E-state index < -0.39 is 24.4 Å². The molecule has 0 saturated carbocycles. The Labute approximate surface area is 156 Å². The zero-order valence-corrected chi connectivity index (χ0v) is 14.7. The number of hydrogen-bond acceptors (Lipinski definition) is 5. The summed E-state index contributed by atoms with van der Waals surface area (Å²) in [6, 6.07) is 8.71. The van der Waals surface area contributed by atoms with Crippen molar-refractivity contribution in [2.24, 2.45) is 0 Å². The number of rotatable bonds is 8. The Kier molecular flexibility index (Phi) is 6.73. The van der Waals surface area contributed by atoms with E-state index in [2.05, 4.69) is 0 Å². The molecule has 1 N–H and O–H groups in total. The molecular weight excluding hydrogens is 330 g/mol. The van der Waals surface area contributed by atoms with Crippen LogP contribution in [0.5, 0.6) is 0 Å². The molecule has 1 aliphatic rings. The Morgan fingerprint density at radius 3 is 2.54 bits per heavy atom. The van der Waals surface area contributed by atoms with Crippen LogP contribution in [-0.2, 0) is 19.7 Å². The van der Waals surface area contributed by atoms with E-state index in [0.29, 0.717) is 5.56 Å². The third kappa shape index (κ3) is 5.18. The Morgan fingerprint density at radius 2 is 1.96 bits per heavy atom. The number of hydrogen-bond donors (Lipinski definition) is 1. The molecule has 24 heavy (non-hydrogen) atoms. The van der Waals surface area contributed by atoms with Gasteiger partial charge in [-0.2, -0.15) is 0 Å². The number of likely N-dealkylation sites (tertiary alicyclic amines) is 1. The maximum atomic E-state index is 12.9. The topological polar surface area (TPSA) is 59.0 Å². The van der Waals surface area contributed by atoms with Gasteiger partial charge in [0.2, 0.25) is 0 Å². The fourth-order valence-corrected chi connectivity index (χ4v) is 2.55. The smallest absolute Gasteiger partial charge is 0.316 e. The third-order valence-electron chi connectivity index (χ3n) is 3.83. The average Bonchev–Trinajstić information content (AvgIpc) is 2.60. The SMILES string of the molecule is Cl.[2H]C1([2H])CC(C(=O)OCC)(c2ccccc2)CC([2H])([2H])N1CCOCCO. The number of ether oxygens (including phenoxy) is 2. The highest BCUT2D eigenvalue weighted by Crippen LogP contribution is 2.36. The predicted molar refractivity (Wildman–Crippen MR) is 95.6 cm³/mol. The van der Waals surface area contributed by atoms with E-state index in [1.54, 1.807) is 37.3 Å². The summed E-state index contributed by atoms with van der Waals surface area (Å²) in [4.78, 5) is 14.0. The largest absolute Gasteiger partial charge is 0.465 e. The van der Waals surface area contributed by atoms with E-state index in [9.17, 15) is 4.79 Å². The second kappa shape index (κ2) is 10.7. The number of benzene rings is 1. The van der Waals surface area contributed by atoms with Crippen molar-refractivity contribution in [3.05, 3.63) is 35.9 Å². The number of aliphatic hydroxyl groups excluding tert-OH is 1. The van der Waals surface area contributed by atoms with Crippen LogP contribution in [0.3, 0.4) is 0 Å². The molecule has 1 saturated heterocycles. The van der Waals surface area contributed by atoms with Gasteiger partial charge in [0.1, 0.15) is 0 Å². The maximum Gasteiger partial charge on any atom is 0.316 e. The third-order valence-corrected chi connectivity index (χ3v) is 3.83. The quantitative estimate of drug-likeness (QED) is 0.567. The minimum Gasteiger partial charge on any atom is -0.465 e. The first-order valence-corrected chi connectivity index (χ1v) is 7.89. The number of carbonyl (C=O) groups is 1. The second-order valence-corrected chi connectivity index (χ2v) is 5.33. The second-order valence-electron chi connectivity index (χ2n) is 5.33. The molecule has 0 aliphatic carbocycles. The van der Waals surface area contributed by atoms with Gasteiger partial charge in [0, 0.05) is 12.0 Å². The lowest BCUT2D eigenvalue weighted by atomic mass is 9.72. The van der Waals surface area contributed by atoms with Crippen LogP contribution < -0.4 is 0 Å². The van der Waals surface area contributed by atoms with Gasteiger partial charge < -0.3 is 19.5 Å². The summed E-state index contributed by atoms with van der Waals surface area (Å²) in [5.74, 6) is -0.611. The fourth-order valence-electron chi connectivity index (χ4n) is 2.55. The minimum atomic E-state index is -2.09. The van der Waals surface area contributed by atoms with Gasteiger partial charge >= 0.3 is 5.97 Å². The molecule has 1 heterocycles. The number of carbonyl (C=O) groups excluding carboxylic acids is 1. The minimum absolute atomic E-state index is 0. The van der Waals surface area contributed by atoms with Crippen LogP contribution in [0.1, 0.15) is 30.8 Å². The van der Waals surface area contributed by atoms with Gasteiger partial charge in [-0.05, 0) is 38.3 Å². The first-order chi connectivity index (χ1) is 12.7. The van der Waals surface area contributed by atoms with Gasteiger partial charge in [0.15, 0.2) is 0 Å². The van der Waals surface area contributed by atoms with Crippen molar-refractivity contribution in [1.29, 1.82) is 0 Å². The monoisotopic (exact) mass is 361 g/mol. The Bertz CT molecular complexity index is 615. The molecule has 2 rings (SSSR count). The number of halogens is 1. The molecule has 1 fully saturated rings. The maximum absolute atomic E-state index is 12.9. The van der Waals surface area contributed by atoms with Crippen LogP contribution in [0.2, 0.25) is 0 Å². The summed E-state index contributed by atoms with van der Waals surface area (Å²) < 4.78 is 44.4. The lowest BCUT2D eigenvalue weighted by Gasteiger charge is -2.40. The van der Waals surface area contributed by atoms with Crippen molar-refractivity contribution < 1.29 is 24.9 Å². The highest BCUT2D eigenvalue weighted by Gasteiger charge is 2.43. The molecule has 1 aliphatic heterocycles. The summed E-state index contributed by atoms with van der Waals surface area (Å²) in [5.41, 5.74) is -0.861. The molecular formula is C18H28ClNO4. The van der Waals surface area contributed by atoms with Crippen LogP contribution in [0.4, 0.5) is 0 Å². The van der Waals surface area contributed by atoms with Crippen LogP contribution >= 0.6 is 12.4 Å². The molecule has 1 aromatic rings. The van der Waals surface area contributed by atoms with E-state index in [1.807, 2.05) is 0 Å². The van der Waals surface area contributed by atoms with Crippen molar-refractivity contribution in [3.63, 3.8) is 0 Å². The highest BCUT2D eigenvalue weighted by molar-refractivity contribution is 5.85. The molecule has 5 nitrogen and oxygen atoms in total. The molecule has 0 unspecified atom stereocenters. The van der Waals surface area contributed by atoms with E-state index >= 15 is 0 Å². The van der Waals surface area contributed by atoms with E-state index in [0.717, 1.165) is 4.90 Å². The number of aliphatic hydroxyl groups is 1. The first kappa shape index (κ1) is 15.1. The van der Waals surface area contributed by atoms with E-state index in [1.165, 1.54) is 0 Å². The molecule has 0 atom stereocenters. The van der Waals surface area contributed by atoms with Crippen LogP contribution in [0.15, 0.2) is 30.3 Å². The van der Waals surface area contributed by atoms with Crippen molar-refractivity contribution >= 4 is 18.4 Å². The van der Waals surface area contributed by atoms with Crippen LogP contribution in [0, 0.1) is 0 Å². The molecule has 0 amide bonds. The summed E-state index contributed by atoms with van der Waals surface area (Å²) in [5, 5.41) is 8.78. The number of piperidine rings is 1. The first-order valence-electron chi connectivity index (χ1n) is 9.89. The van der Waals surface area contributed by atoms with Gasteiger partial charge in [-0.3, -0.25) is 4.79 Å².